The number of anilines is 1. The first kappa shape index (κ1) is 18.7. The Hall–Kier alpha value is -2.69. The molecule has 2 amide bonds. The zero-order valence-electron chi connectivity index (χ0n) is 16.0. The molecule has 2 aliphatic rings. The maximum Gasteiger partial charge on any atom is 0.231 e. The summed E-state index contributed by atoms with van der Waals surface area (Å²) >= 11 is 0. The quantitative estimate of drug-likeness (QED) is 0.777. The van der Waals surface area contributed by atoms with Crippen molar-refractivity contribution in [2.75, 3.05) is 5.32 Å². The lowest BCUT2D eigenvalue weighted by Gasteiger charge is -2.41. The number of hydrogen-bond acceptors (Lipinski definition) is 2. The summed E-state index contributed by atoms with van der Waals surface area (Å²) in [7, 11) is 0. The number of carbonyl (C=O) groups excluding carboxylic acids is 2. The molecule has 0 unspecified atom stereocenters. The van der Waals surface area contributed by atoms with E-state index in [-0.39, 0.29) is 29.6 Å². The van der Waals surface area contributed by atoms with Crippen LogP contribution in [0.2, 0.25) is 0 Å². The van der Waals surface area contributed by atoms with E-state index in [0.717, 1.165) is 48.9 Å². The number of amides is 2. The first-order valence-corrected chi connectivity index (χ1v) is 9.96. The Bertz CT molecular complexity index is 868. The SMILES string of the molecule is C[C@@H](NC(=O)C1(c2ccc(NC(=O)C3CC3)cc2)CCC1)c1ccc(F)cc1. The lowest BCUT2D eigenvalue weighted by Crippen LogP contribution is -2.49. The van der Waals surface area contributed by atoms with Gasteiger partial charge in [0.2, 0.25) is 11.8 Å². The maximum absolute atomic E-state index is 13.1. The van der Waals surface area contributed by atoms with E-state index in [9.17, 15) is 14.0 Å². The number of halogens is 1. The fourth-order valence-corrected chi connectivity index (χ4v) is 3.81. The maximum atomic E-state index is 13.1. The minimum atomic E-state index is -0.521. The Morgan fingerprint density at radius 1 is 1.04 bits per heavy atom. The molecule has 0 aliphatic heterocycles. The molecule has 146 valence electrons. The molecule has 0 aromatic heterocycles. The average molecular weight is 380 g/mol. The summed E-state index contributed by atoms with van der Waals surface area (Å²) in [4.78, 5) is 25.0. The lowest BCUT2D eigenvalue weighted by atomic mass is 9.63. The predicted molar refractivity (Wildman–Crippen MR) is 106 cm³/mol. The Morgan fingerprint density at radius 3 is 2.21 bits per heavy atom. The van der Waals surface area contributed by atoms with E-state index in [1.165, 1.54) is 12.1 Å². The molecule has 4 nitrogen and oxygen atoms in total. The van der Waals surface area contributed by atoms with Gasteiger partial charge in [-0.3, -0.25) is 9.59 Å². The van der Waals surface area contributed by atoms with Crippen molar-refractivity contribution in [3.63, 3.8) is 0 Å². The highest BCUT2D eigenvalue weighted by Crippen LogP contribution is 2.44. The molecule has 0 radical (unpaired) electrons. The van der Waals surface area contributed by atoms with Crippen molar-refractivity contribution in [2.45, 2.75) is 50.5 Å². The van der Waals surface area contributed by atoms with Crippen LogP contribution in [0, 0.1) is 11.7 Å². The molecule has 2 saturated carbocycles. The van der Waals surface area contributed by atoms with E-state index in [2.05, 4.69) is 10.6 Å². The summed E-state index contributed by atoms with van der Waals surface area (Å²) in [6.07, 6.45) is 4.57. The van der Waals surface area contributed by atoms with Gasteiger partial charge in [0.25, 0.3) is 0 Å². The summed E-state index contributed by atoms with van der Waals surface area (Å²) in [5.74, 6) is -0.0368. The zero-order valence-corrected chi connectivity index (χ0v) is 16.0. The smallest absolute Gasteiger partial charge is 0.231 e. The second kappa shape index (κ2) is 7.38. The number of benzene rings is 2. The van der Waals surface area contributed by atoms with Crippen LogP contribution in [0.5, 0.6) is 0 Å². The van der Waals surface area contributed by atoms with Crippen LogP contribution in [0.1, 0.15) is 56.2 Å². The number of nitrogens with one attached hydrogen (secondary N) is 2. The summed E-state index contributed by atoms with van der Waals surface area (Å²) in [5, 5.41) is 6.03. The lowest BCUT2D eigenvalue weighted by molar-refractivity contribution is -0.130. The first-order chi connectivity index (χ1) is 13.5. The molecule has 0 saturated heterocycles. The standard InChI is InChI=1S/C23H25FN2O2/c1-15(16-5-9-19(24)10-6-16)25-22(28)23(13-2-14-23)18-7-11-20(12-8-18)26-21(27)17-3-4-17/h5-12,15,17H,2-4,13-14H2,1H3,(H,25,28)(H,26,27)/t15-/m1/s1. The molecule has 5 heteroatoms. The van der Waals surface area contributed by atoms with Crippen LogP contribution in [-0.4, -0.2) is 11.8 Å². The van der Waals surface area contributed by atoms with E-state index in [4.69, 9.17) is 0 Å². The number of carbonyl (C=O) groups is 2. The average Bonchev–Trinajstić information content (AvgIpc) is 3.48. The van der Waals surface area contributed by atoms with Gasteiger partial charge in [-0.1, -0.05) is 30.7 Å². The van der Waals surface area contributed by atoms with Gasteiger partial charge >= 0.3 is 0 Å². The minimum Gasteiger partial charge on any atom is -0.349 e. The fourth-order valence-electron chi connectivity index (χ4n) is 3.81. The highest BCUT2D eigenvalue weighted by Gasteiger charge is 2.45. The molecule has 0 spiro atoms. The third-order valence-electron chi connectivity index (χ3n) is 6.01. The van der Waals surface area contributed by atoms with Gasteiger partial charge in [0, 0.05) is 11.6 Å². The van der Waals surface area contributed by atoms with Crippen LogP contribution in [0.3, 0.4) is 0 Å². The second-order valence-electron chi connectivity index (χ2n) is 8.02. The van der Waals surface area contributed by atoms with Crippen molar-refractivity contribution in [3.05, 3.63) is 65.5 Å². The van der Waals surface area contributed by atoms with Crippen molar-refractivity contribution in [1.29, 1.82) is 0 Å². The molecule has 2 aromatic carbocycles. The topological polar surface area (TPSA) is 58.2 Å². The van der Waals surface area contributed by atoms with Gasteiger partial charge in [-0.2, -0.15) is 0 Å². The van der Waals surface area contributed by atoms with Gasteiger partial charge in [-0.25, -0.2) is 4.39 Å². The van der Waals surface area contributed by atoms with E-state index >= 15 is 0 Å². The molecule has 1 atom stereocenters. The largest absolute Gasteiger partial charge is 0.349 e. The molecule has 2 fully saturated rings. The van der Waals surface area contributed by atoms with E-state index in [1.807, 2.05) is 31.2 Å². The van der Waals surface area contributed by atoms with E-state index < -0.39 is 5.41 Å². The molecule has 0 heterocycles. The third kappa shape index (κ3) is 3.66. The zero-order chi connectivity index (χ0) is 19.7. The molecule has 28 heavy (non-hydrogen) atoms. The Balaban J connectivity index is 1.45. The normalized spacial score (nSPS) is 18.6. The highest BCUT2D eigenvalue weighted by molar-refractivity contribution is 5.94. The fraction of sp³-hybridized carbons (Fsp3) is 0.391. The van der Waals surface area contributed by atoms with Crippen LogP contribution in [0.25, 0.3) is 0 Å². The monoisotopic (exact) mass is 380 g/mol. The van der Waals surface area contributed by atoms with Gasteiger partial charge in [-0.05, 0) is 68.0 Å². The Kier molecular flexibility index (Phi) is 4.92. The van der Waals surface area contributed by atoms with Gasteiger partial charge in [0.15, 0.2) is 0 Å². The molecule has 4 rings (SSSR count). The van der Waals surface area contributed by atoms with Gasteiger partial charge in [0.1, 0.15) is 5.82 Å². The Morgan fingerprint density at radius 2 is 1.68 bits per heavy atom. The third-order valence-corrected chi connectivity index (χ3v) is 6.01. The van der Waals surface area contributed by atoms with E-state index in [0.29, 0.717) is 0 Å². The Labute approximate surface area is 164 Å². The summed E-state index contributed by atoms with van der Waals surface area (Å²) in [6, 6.07) is 13.7. The van der Waals surface area contributed by atoms with Crippen LogP contribution < -0.4 is 10.6 Å². The molecular formula is C23H25FN2O2. The molecule has 2 aromatic rings. The highest BCUT2D eigenvalue weighted by atomic mass is 19.1. The number of hydrogen-bond donors (Lipinski definition) is 2. The molecular weight excluding hydrogens is 355 g/mol. The van der Waals surface area contributed by atoms with Crippen molar-refractivity contribution >= 4 is 17.5 Å². The van der Waals surface area contributed by atoms with Crippen LogP contribution in [0.4, 0.5) is 10.1 Å². The number of rotatable bonds is 6. The van der Waals surface area contributed by atoms with Crippen LogP contribution in [0.15, 0.2) is 48.5 Å². The molecule has 0 bridgehead atoms. The van der Waals surface area contributed by atoms with Gasteiger partial charge in [0.05, 0.1) is 11.5 Å². The van der Waals surface area contributed by atoms with Crippen LogP contribution in [-0.2, 0) is 15.0 Å². The summed E-state index contributed by atoms with van der Waals surface area (Å²) in [6.45, 7) is 1.91. The van der Waals surface area contributed by atoms with E-state index in [1.54, 1.807) is 12.1 Å². The molecule has 2 N–H and O–H groups in total. The van der Waals surface area contributed by atoms with Crippen molar-refractivity contribution in [3.8, 4) is 0 Å². The summed E-state index contributed by atoms with van der Waals surface area (Å²) < 4.78 is 13.1. The first-order valence-electron chi connectivity index (χ1n) is 9.96. The van der Waals surface area contributed by atoms with Crippen molar-refractivity contribution in [2.24, 2.45) is 5.92 Å². The molecule has 2 aliphatic carbocycles. The second-order valence-corrected chi connectivity index (χ2v) is 8.02. The van der Waals surface area contributed by atoms with Gasteiger partial charge in [-0.15, -0.1) is 0 Å². The van der Waals surface area contributed by atoms with Gasteiger partial charge < -0.3 is 10.6 Å². The minimum absolute atomic E-state index is 0.00495. The van der Waals surface area contributed by atoms with Crippen molar-refractivity contribution < 1.29 is 14.0 Å². The predicted octanol–water partition coefficient (Wildman–Crippen LogP) is 4.47. The summed E-state index contributed by atoms with van der Waals surface area (Å²) in [5.41, 5.74) is 2.11. The van der Waals surface area contributed by atoms with Crippen molar-refractivity contribution in [1.82, 2.24) is 5.32 Å². The van der Waals surface area contributed by atoms with Crippen LogP contribution >= 0.6 is 0 Å².